The molecule has 12 heteroatoms. The third-order valence-electron chi connectivity index (χ3n) is 3.81. The van der Waals surface area contributed by atoms with Gasteiger partial charge in [-0.3, -0.25) is 4.79 Å². The molecule has 1 aromatic heterocycles. The average molecular weight is 529 g/mol. The van der Waals surface area contributed by atoms with E-state index in [1.807, 2.05) is 31.2 Å². The van der Waals surface area contributed by atoms with Crippen molar-refractivity contribution >= 4 is 74.1 Å². The van der Waals surface area contributed by atoms with Crippen molar-refractivity contribution in [3.8, 4) is 0 Å². The smallest absolute Gasteiger partial charge is 0.264 e. The maximum absolute atomic E-state index is 12.2. The van der Waals surface area contributed by atoms with E-state index in [0.29, 0.717) is 15.9 Å². The maximum Gasteiger partial charge on any atom is 0.264 e. The number of carbonyl (C=O) groups excluding carboxylic acids is 1. The second-order valence-electron chi connectivity index (χ2n) is 5.93. The van der Waals surface area contributed by atoms with Crippen LogP contribution in [0.3, 0.4) is 0 Å². The summed E-state index contributed by atoms with van der Waals surface area (Å²) in [7, 11) is 0. The molecule has 0 aliphatic heterocycles. The van der Waals surface area contributed by atoms with E-state index in [0.717, 1.165) is 27.5 Å². The molecule has 0 bridgehead atoms. The predicted octanol–water partition coefficient (Wildman–Crippen LogP) is 4.63. The lowest BCUT2D eigenvalue weighted by Crippen LogP contribution is -2.17. The Labute approximate surface area is 195 Å². The van der Waals surface area contributed by atoms with E-state index in [4.69, 9.17) is 29.0 Å². The molecule has 8 nitrogen and oxygen atoms in total. The number of nitrogens with one attached hydrogen (secondary N) is 2. The quantitative estimate of drug-likeness (QED) is 0.178. The van der Waals surface area contributed by atoms with Gasteiger partial charge in [-0.2, -0.15) is 5.10 Å². The van der Waals surface area contributed by atoms with Crippen LogP contribution in [0.2, 0.25) is 10.0 Å². The van der Waals surface area contributed by atoms with Crippen LogP contribution in [0.5, 0.6) is 0 Å². The number of nitrogens with zero attached hydrogens (tertiary/aromatic N) is 4. The van der Waals surface area contributed by atoms with Crippen molar-refractivity contribution in [3.63, 3.8) is 0 Å². The van der Waals surface area contributed by atoms with Gasteiger partial charge >= 0.3 is 0 Å². The first kappa shape index (κ1) is 22.4. The highest BCUT2D eigenvalue weighted by Crippen LogP contribution is 2.29. The van der Waals surface area contributed by atoms with Crippen LogP contribution in [0.25, 0.3) is 0 Å². The largest absolute Gasteiger partial charge is 0.334 e. The van der Waals surface area contributed by atoms with Gasteiger partial charge in [-0.05, 0) is 36.8 Å². The fourth-order valence-electron chi connectivity index (χ4n) is 2.26. The van der Waals surface area contributed by atoms with Crippen LogP contribution < -0.4 is 16.6 Å². The number of anilines is 2. The van der Waals surface area contributed by atoms with Crippen molar-refractivity contribution in [3.05, 3.63) is 62.5 Å². The average Bonchev–Trinajstić information content (AvgIpc) is 3.08. The Morgan fingerprint density at radius 3 is 2.70 bits per heavy atom. The van der Waals surface area contributed by atoms with E-state index in [9.17, 15) is 4.79 Å². The summed E-state index contributed by atoms with van der Waals surface area (Å²) in [5.41, 5.74) is 4.91. The van der Waals surface area contributed by atoms with Crippen LogP contribution in [0.1, 0.15) is 12.5 Å². The van der Waals surface area contributed by atoms with Crippen molar-refractivity contribution < 1.29 is 4.79 Å². The van der Waals surface area contributed by atoms with Crippen LogP contribution in [0.15, 0.2) is 57.2 Å². The normalized spacial score (nSPS) is 11.4. The number of benzene rings is 2. The first-order chi connectivity index (χ1) is 14.3. The number of thioether (sulfide) groups is 1. The van der Waals surface area contributed by atoms with Crippen molar-refractivity contribution in [2.75, 3.05) is 22.3 Å². The zero-order chi connectivity index (χ0) is 21.7. The summed E-state index contributed by atoms with van der Waals surface area (Å²) in [6.45, 7) is 1.86. The van der Waals surface area contributed by atoms with Crippen LogP contribution in [-0.2, 0) is 4.79 Å². The fourth-order valence-corrected chi connectivity index (χ4v) is 3.53. The van der Waals surface area contributed by atoms with Crippen molar-refractivity contribution in [2.45, 2.75) is 12.1 Å². The number of hydrogen-bond donors (Lipinski definition) is 3. The van der Waals surface area contributed by atoms with Gasteiger partial charge in [0.25, 0.3) is 5.95 Å². The number of nitrogen functional groups attached to an aromatic ring is 1. The van der Waals surface area contributed by atoms with Crippen LogP contribution in [0.4, 0.5) is 11.6 Å². The van der Waals surface area contributed by atoms with Gasteiger partial charge in [-0.25, -0.2) is 10.1 Å². The molecule has 0 radical (unpaired) electrons. The monoisotopic (exact) mass is 527 g/mol. The highest BCUT2D eigenvalue weighted by molar-refractivity contribution is 9.10. The molecule has 0 spiro atoms. The molecule has 0 saturated carbocycles. The van der Waals surface area contributed by atoms with Gasteiger partial charge < -0.3 is 11.2 Å². The predicted molar refractivity (Wildman–Crippen MR) is 126 cm³/mol. The van der Waals surface area contributed by atoms with Crippen molar-refractivity contribution in [2.24, 2.45) is 5.10 Å². The Hall–Kier alpha value is -2.27. The Kier molecular flexibility index (Phi) is 7.59. The highest BCUT2D eigenvalue weighted by Gasteiger charge is 2.13. The molecule has 0 atom stereocenters. The van der Waals surface area contributed by atoms with Crippen LogP contribution in [-0.4, -0.2) is 32.2 Å². The molecule has 30 heavy (non-hydrogen) atoms. The second-order valence-corrected chi connectivity index (χ2v) is 8.57. The molecular formula is C18H16BrCl2N7OS. The lowest BCUT2D eigenvalue weighted by atomic mass is 10.1. The molecule has 0 aliphatic carbocycles. The number of rotatable bonds is 7. The molecule has 0 aliphatic rings. The van der Waals surface area contributed by atoms with E-state index in [2.05, 4.69) is 42.0 Å². The topological polar surface area (TPSA) is 110 Å². The minimum absolute atomic E-state index is 0.0549. The van der Waals surface area contributed by atoms with Crippen LogP contribution in [0, 0.1) is 0 Å². The summed E-state index contributed by atoms with van der Waals surface area (Å²) in [5, 5.41) is 15.9. The molecule has 0 fully saturated rings. The van der Waals surface area contributed by atoms with Gasteiger partial charge in [0.15, 0.2) is 0 Å². The van der Waals surface area contributed by atoms with Crippen molar-refractivity contribution in [1.82, 2.24) is 14.9 Å². The molecule has 0 unspecified atom stereocenters. The van der Waals surface area contributed by atoms with E-state index in [1.165, 1.54) is 4.68 Å². The van der Waals surface area contributed by atoms with Gasteiger partial charge in [-0.1, -0.05) is 69.1 Å². The summed E-state index contributed by atoms with van der Waals surface area (Å²) in [6, 6.07) is 12.7. The SMILES string of the molecule is C/C(=N\Nc1nnc(SCC(=O)Nc2cccc(Cl)c2Cl)n1N)c1ccc(Br)cc1. The molecule has 3 rings (SSSR count). The van der Waals surface area contributed by atoms with E-state index in [-0.39, 0.29) is 22.6 Å². The lowest BCUT2D eigenvalue weighted by molar-refractivity contribution is -0.113. The summed E-state index contributed by atoms with van der Waals surface area (Å²) in [6.07, 6.45) is 0. The second kappa shape index (κ2) is 10.2. The van der Waals surface area contributed by atoms with E-state index < -0.39 is 0 Å². The van der Waals surface area contributed by atoms with E-state index in [1.54, 1.807) is 18.2 Å². The Morgan fingerprint density at radius 1 is 1.23 bits per heavy atom. The highest BCUT2D eigenvalue weighted by atomic mass is 79.9. The lowest BCUT2D eigenvalue weighted by Gasteiger charge is -2.08. The first-order valence-corrected chi connectivity index (χ1v) is 11.0. The minimum Gasteiger partial charge on any atom is -0.334 e. The summed E-state index contributed by atoms with van der Waals surface area (Å²) in [4.78, 5) is 12.2. The van der Waals surface area contributed by atoms with Crippen molar-refractivity contribution in [1.29, 1.82) is 0 Å². The molecule has 3 aromatic rings. The first-order valence-electron chi connectivity index (χ1n) is 8.48. The number of hydrazone groups is 1. The van der Waals surface area contributed by atoms with Gasteiger partial charge in [0.1, 0.15) is 0 Å². The molecule has 0 saturated heterocycles. The molecular weight excluding hydrogens is 513 g/mol. The number of amides is 1. The zero-order valence-corrected chi connectivity index (χ0v) is 19.5. The molecule has 4 N–H and O–H groups in total. The zero-order valence-electron chi connectivity index (χ0n) is 15.6. The maximum atomic E-state index is 12.2. The van der Waals surface area contributed by atoms with Gasteiger partial charge in [0.2, 0.25) is 11.1 Å². The fraction of sp³-hybridized carbons (Fsp3) is 0.111. The number of hydrogen-bond acceptors (Lipinski definition) is 7. The van der Waals surface area contributed by atoms with Gasteiger partial charge in [0.05, 0.1) is 27.2 Å². The Morgan fingerprint density at radius 2 is 1.97 bits per heavy atom. The number of carbonyl (C=O) groups is 1. The third kappa shape index (κ3) is 5.66. The Bertz CT molecular complexity index is 1090. The van der Waals surface area contributed by atoms with E-state index >= 15 is 0 Å². The summed E-state index contributed by atoms with van der Waals surface area (Å²) >= 11 is 16.5. The molecule has 1 amide bonds. The van der Waals surface area contributed by atoms with Gasteiger partial charge in [-0.15, -0.1) is 10.2 Å². The van der Waals surface area contributed by atoms with Crippen LogP contribution >= 0.6 is 50.9 Å². The summed E-state index contributed by atoms with van der Waals surface area (Å²) < 4.78 is 2.21. The molecule has 1 heterocycles. The molecule has 156 valence electrons. The molecule has 2 aromatic carbocycles. The number of aromatic nitrogens is 3. The standard InChI is InChI=1S/C18H16BrCl2N7OS/c1-10(11-5-7-12(19)8-6-11)24-25-17-26-27-18(28(17)22)30-9-15(29)23-14-4-2-3-13(20)16(14)21/h2-8H,9,22H2,1H3,(H,23,29)(H,25,26)/b24-10+. The Balaban J connectivity index is 1.58. The minimum atomic E-state index is -0.286. The third-order valence-corrected chi connectivity index (χ3v) is 6.10. The number of halogens is 3. The van der Waals surface area contributed by atoms with Gasteiger partial charge in [0, 0.05) is 4.47 Å². The number of nitrogens with two attached hydrogens (primary N) is 1. The summed E-state index contributed by atoms with van der Waals surface area (Å²) in [5.74, 6) is 6.00.